The van der Waals surface area contributed by atoms with Crippen molar-refractivity contribution in [3.63, 3.8) is 0 Å². The van der Waals surface area contributed by atoms with Gasteiger partial charge in [0.15, 0.2) is 0 Å². The van der Waals surface area contributed by atoms with Crippen LogP contribution in [-0.2, 0) is 11.2 Å². The first kappa shape index (κ1) is 15.1. The van der Waals surface area contributed by atoms with Crippen LogP contribution in [0.2, 0.25) is 0 Å². The van der Waals surface area contributed by atoms with E-state index >= 15 is 0 Å². The third-order valence-electron chi connectivity index (χ3n) is 3.38. The Labute approximate surface area is 125 Å². The van der Waals surface area contributed by atoms with Gasteiger partial charge in [-0.15, -0.1) is 0 Å². The van der Waals surface area contributed by atoms with Crippen molar-refractivity contribution in [1.82, 2.24) is 0 Å². The lowest BCUT2D eigenvalue weighted by Crippen LogP contribution is -2.17. The largest absolute Gasteiger partial charge is 0.494 e. The van der Waals surface area contributed by atoms with Crippen molar-refractivity contribution < 1.29 is 14.6 Å². The second kappa shape index (κ2) is 8.10. The number of rotatable bonds is 8. The molecule has 0 bridgehead atoms. The second-order valence-electron chi connectivity index (χ2n) is 5.03. The predicted molar refractivity (Wildman–Crippen MR) is 82.4 cm³/mol. The highest BCUT2D eigenvalue weighted by atomic mass is 16.5. The maximum absolute atomic E-state index is 11.3. The molecule has 0 heterocycles. The van der Waals surface area contributed by atoms with Crippen LogP contribution in [0, 0.1) is 5.92 Å². The minimum atomic E-state index is -0.737. The summed E-state index contributed by atoms with van der Waals surface area (Å²) in [4.78, 5) is 11.3. The molecular formula is C18H20O3. The summed E-state index contributed by atoms with van der Waals surface area (Å²) in [6.45, 7) is 0.544. The number of carboxylic acid groups (broad SMARTS) is 1. The monoisotopic (exact) mass is 284 g/mol. The van der Waals surface area contributed by atoms with Gasteiger partial charge in [-0.05, 0) is 37.0 Å². The summed E-state index contributed by atoms with van der Waals surface area (Å²) >= 11 is 0. The minimum absolute atomic E-state index is 0.355. The van der Waals surface area contributed by atoms with E-state index < -0.39 is 5.97 Å². The minimum Gasteiger partial charge on any atom is -0.494 e. The van der Waals surface area contributed by atoms with Gasteiger partial charge in [-0.3, -0.25) is 4.79 Å². The van der Waals surface area contributed by atoms with Gasteiger partial charge in [0.2, 0.25) is 0 Å². The van der Waals surface area contributed by atoms with E-state index in [1.54, 1.807) is 0 Å². The fraction of sp³-hybridized carbons (Fsp3) is 0.278. The summed E-state index contributed by atoms with van der Waals surface area (Å²) in [5.74, 6) is -0.266. The zero-order valence-corrected chi connectivity index (χ0v) is 11.9. The first-order chi connectivity index (χ1) is 10.3. The number of benzene rings is 2. The number of ether oxygens (including phenoxy) is 1. The van der Waals surface area contributed by atoms with Crippen molar-refractivity contribution in [2.45, 2.75) is 19.3 Å². The van der Waals surface area contributed by atoms with Crippen LogP contribution < -0.4 is 4.74 Å². The molecule has 0 amide bonds. The molecule has 0 spiro atoms. The van der Waals surface area contributed by atoms with Gasteiger partial charge in [-0.1, -0.05) is 48.5 Å². The summed E-state index contributed by atoms with van der Waals surface area (Å²) in [6.07, 6.45) is 1.93. The Kier molecular flexibility index (Phi) is 5.83. The molecule has 0 saturated heterocycles. The van der Waals surface area contributed by atoms with Crippen molar-refractivity contribution in [1.29, 1.82) is 0 Å². The van der Waals surface area contributed by atoms with E-state index in [2.05, 4.69) is 0 Å². The molecule has 0 radical (unpaired) electrons. The number of aliphatic carboxylic acids is 1. The third-order valence-corrected chi connectivity index (χ3v) is 3.38. The molecular weight excluding hydrogens is 264 g/mol. The topological polar surface area (TPSA) is 46.5 Å². The van der Waals surface area contributed by atoms with Gasteiger partial charge in [-0.25, -0.2) is 0 Å². The lowest BCUT2D eigenvalue weighted by atomic mass is 9.95. The third kappa shape index (κ3) is 5.30. The first-order valence-electron chi connectivity index (χ1n) is 7.20. The molecule has 0 fully saturated rings. The van der Waals surface area contributed by atoms with E-state index in [0.29, 0.717) is 19.4 Å². The van der Waals surface area contributed by atoms with E-state index in [-0.39, 0.29) is 5.92 Å². The number of hydrogen-bond acceptors (Lipinski definition) is 2. The van der Waals surface area contributed by atoms with Gasteiger partial charge in [-0.2, -0.15) is 0 Å². The van der Waals surface area contributed by atoms with Crippen molar-refractivity contribution >= 4 is 5.97 Å². The number of carbonyl (C=O) groups is 1. The Balaban J connectivity index is 1.77. The average molecular weight is 284 g/mol. The second-order valence-corrected chi connectivity index (χ2v) is 5.03. The maximum atomic E-state index is 11.3. The molecule has 0 aliphatic rings. The zero-order chi connectivity index (χ0) is 14.9. The number of hydrogen-bond donors (Lipinski definition) is 1. The summed E-state index contributed by atoms with van der Waals surface area (Å²) in [5, 5.41) is 9.31. The van der Waals surface area contributed by atoms with E-state index in [9.17, 15) is 9.90 Å². The molecule has 2 rings (SSSR count). The van der Waals surface area contributed by atoms with Gasteiger partial charge in [0.1, 0.15) is 5.75 Å². The van der Waals surface area contributed by atoms with Crippen LogP contribution in [0.5, 0.6) is 5.75 Å². The molecule has 1 unspecified atom stereocenters. The molecule has 110 valence electrons. The molecule has 0 saturated carbocycles. The Morgan fingerprint density at radius 3 is 2.24 bits per heavy atom. The molecule has 0 aliphatic heterocycles. The maximum Gasteiger partial charge on any atom is 0.306 e. The van der Waals surface area contributed by atoms with Gasteiger partial charge in [0.05, 0.1) is 12.5 Å². The Morgan fingerprint density at radius 1 is 1.00 bits per heavy atom. The summed E-state index contributed by atoms with van der Waals surface area (Å²) < 4.78 is 5.59. The lowest BCUT2D eigenvalue weighted by Gasteiger charge is -2.13. The molecule has 2 aromatic rings. The van der Waals surface area contributed by atoms with Crippen molar-refractivity contribution in [3.05, 3.63) is 66.2 Å². The van der Waals surface area contributed by atoms with Gasteiger partial charge < -0.3 is 9.84 Å². The Hall–Kier alpha value is -2.29. The fourth-order valence-corrected chi connectivity index (χ4v) is 2.25. The van der Waals surface area contributed by atoms with Crippen LogP contribution in [0.25, 0.3) is 0 Å². The molecule has 1 atom stereocenters. The van der Waals surface area contributed by atoms with Gasteiger partial charge in [0, 0.05) is 0 Å². The Bertz CT molecular complexity index is 537. The first-order valence-corrected chi connectivity index (χ1v) is 7.20. The summed E-state index contributed by atoms with van der Waals surface area (Å²) in [7, 11) is 0. The quantitative estimate of drug-likeness (QED) is 0.750. The zero-order valence-electron chi connectivity index (χ0n) is 11.9. The average Bonchev–Trinajstić information content (AvgIpc) is 2.52. The highest BCUT2D eigenvalue weighted by molar-refractivity contribution is 5.70. The van der Waals surface area contributed by atoms with Gasteiger partial charge >= 0.3 is 5.97 Å². The smallest absolute Gasteiger partial charge is 0.306 e. The van der Waals surface area contributed by atoms with Crippen molar-refractivity contribution in [2.24, 2.45) is 5.92 Å². The van der Waals surface area contributed by atoms with Crippen molar-refractivity contribution in [3.8, 4) is 5.75 Å². The van der Waals surface area contributed by atoms with Crippen LogP contribution in [0.15, 0.2) is 60.7 Å². The Morgan fingerprint density at radius 2 is 1.62 bits per heavy atom. The highest BCUT2D eigenvalue weighted by Crippen LogP contribution is 2.16. The van der Waals surface area contributed by atoms with Gasteiger partial charge in [0.25, 0.3) is 0 Å². The van der Waals surface area contributed by atoms with Crippen molar-refractivity contribution in [2.75, 3.05) is 6.61 Å². The fourth-order valence-electron chi connectivity index (χ4n) is 2.25. The van der Waals surface area contributed by atoms with E-state index in [1.165, 1.54) is 0 Å². The number of carboxylic acids is 1. The van der Waals surface area contributed by atoms with Crippen LogP contribution in [0.1, 0.15) is 18.4 Å². The van der Waals surface area contributed by atoms with Crippen LogP contribution >= 0.6 is 0 Å². The highest BCUT2D eigenvalue weighted by Gasteiger charge is 2.17. The summed E-state index contributed by atoms with van der Waals surface area (Å²) in [5.41, 5.74) is 1.06. The van der Waals surface area contributed by atoms with E-state index in [0.717, 1.165) is 17.7 Å². The molecule has 2 aromatic carbocycles. The van der Waals surface area contributed by atoms with E-state index in [4.69, 9.17) is 4.74 Å². The number of para-hydroxylation sites is 1. The molecule has 1 N–H and O–H groups in total. The normalized spacial score (nSPS) is 11.8. The SMILES string of the molecule is O=C(O)C(CCCOc1ccccc1)Cc1ccccc1. The molecule has 3 nitrogen and oxygen atoms in total. The molecule has 0 aromatic heterocycles. The molecule has 21 heavy (non-hydrogen) atoms. The summed E-state index contributed by atoms with van der Waals surface area (Å²) in [6, 6.07) is 19.3. The standard InChI is InChI=1S/C18H20O3/c19-18(20)16(14-15-8-3-1-4-9-15)10-7-13-21-17-11-5-2-6-12-17/h1-6,8-9,11-12,16H,7,10,13-14H2,(H,19,20). The van der Waals surface area contributed by atoms with Crippen LogP contribution in [-0.4, -0.2) is 17.7 Å². The predicted octanol–water partition coefficient (Wildman–Crippen LogP) is 3.79. The lowest BCUT2D eigenvalue weighted by molar-refractivity contribution is -0.142. The van der Waals surface area contributed by atoms with Crippen LogP contribution in [0.3, 0.4) is 0 Å². The molecule has 3 heteroatoms. The molecule has 0 aliphatic carbocycles. The van der Waals surface area contributed by atoms with E-state index in [1.807, 2.05) is 60.7 Å². The van der Waals surface area contributed by atoms with Crippen LogP contribution in [0.4, 0.5) is 0 Å².